The second-order valence-electron chi connectivity index (χ2n) is 4.52. The first-order chi connectivity index (χ1) is 8.24. The summed E-state index contributed by atoms with van der Waals surface area (Å²) in [7, 11) is 0. The van der Waals surface area contributed by atoms with Crippen LogP contribution in [0, 0.1) is 5.92 Å². The van der Waals surface area contributed by atoms with E-state index in [1.165, 1.54) is 0 Å². The molecule has 0 amide bonds. The van der Waals surface area contributed by atoms with E-state index in [0.717, 1.165) is 26.2 Å². The van der Waals surface area contributed by atoms with Crippen molar-refractivity contribution in [3.63, 3.8) is 0 Å². The van der Waals surface area contributed by atoms with E-state index in [1.807, 2.05) is 13.8 Å². The molecule has 2 heterocycles. The van der Waals surface area contributed by atoms with Gasteiger partial charge in [-0.25, -0.2) is 9.97 Å². The molecular weight excluding hydrogens is 218 g/mol. The Labute approximate surface area is 102 Å². The summed E-state index contributed by atoms with van der Waals surface area (Å²) in [5.74, 6) is 1.92. The zero-order valence-corrected chi connectivity index (χ0v) is 10.3. The van der Waals surface area contributed by atoms with E-state index in [1.54, 1.807) is 12.4 Å². The Morgan fingerprint density at radius 2 is 2.24 bits per heavy atom. The van der Waals surface area contributed by atoms with Crippen LogP contribution in [0.1, 0.15) is 20.3 Å². The van der Waals surface area contributed by atoms with Gasteiger partial charge in [0, 0.05) is 19.1 Å². The van der Waals surface area contributed by atoms with Gasteiger partial charge < -0.3 is 14.8 Å². The van der Waals surface area contributed by atoms with Gasteiger partial charge in [-0.05, 0) is 20.3 Å². The van der Waals surface area contributed by atoms with Gasteiger partial charge in [-0.15, -0.1) is 0 Å². The van der Waals surface area contributed by atoms with E-state index in [0.29, 0.717) is 17.6 Å². The van der Waals surface area contributed by atoms with E-state index in [9.17, 15) is 0 Å². The van der Waals surface area contributed by atoms with Crippen molar-refractivity contribution in [2.75, 3.05) is 25.1 Å². The molecule has 1 N–H and O–H groups in total. The summed E-state index contributed by atoms with van der Waals surface area (Å²) in [5, 5.41) is 3.21. The van der Waals surface area contributed by atoms with Crippen molar-refractivity contribution in [3.05, 3.63) is 12.4 Å². The largest absolute Gasteiger partial charge is 0.488 e. The minimum Gasteiger partial charge on any atom is -0.488 e. The summed E-state index contributed by atoms with van der Waals surface area (Å²) in [5.41, 5.74) is 0. The highest BCUT2D eigenvalue weighted by Crippen LogP contribution is 2.14. The van der Waals surface area contributed by atoms with Gasteiger partial charge in [0.1, 0.15) is 0 Å². The van der Waals surface area contributed by atoms with Crippen LogP contribution in [0.2, 0.25) is 0 Å². The third-order valence-corrected chi connectivity index (χ3v) is 2.57. The van der Waals surface area contributed by atoms with Crippen molar-refractivity contribution in [1.29, 1.82) is 0 Å². The standard InChI is InChI=1S/C12H19N3O2/c1-9(2)17-11-6-14-12(15-7-11)13-5-10-3-4-16-8-10/h6-7,9-10H,3-5,8H2,1-2H3,(H,13,14,15). The van der Waals surface area contributed by atoms with Crippen LogP contribution in [-0.4, -0.2) is 35.8 Å². The Morgan fingerprint density at radius 3 is 2.82 bits per heavy atom. The van der Waals surface area contributed by atoms with Gasteiger partial charge >= 0.3 is 0 Å². The van der Waals surface area contributed by atoms with Crippen LogP contribution >= 0.6 is 0 Å². The fourth-order valence-electron chi connectivity index (χ4n) is 1.72. The maximum absolute atomic E-state index is 5.47. The second-order valence-corrected chi connectivity index (χ2v) is 4.52. The maximum atomic E-state index is 5.47. The molecule has 0 spiro atoms. The molecule has 0 saturated carbocycles. The highest BCUT2D eigenvalue weighted by molar-refractivity contribution is 5.27. The Morgan fingerprint density at radius 1 is 1.47 bits per heavy atom. The maximum Gasteiger partial charge on any atom is 0.222 e. The number of rotatable bonds is 5. The van der Waals surface area contributed by atoms with Crippen LogP contribution in [0.15, 0.2) is 12.4 Å². The molecule has 0 bridgehead atoms. The fraction of sp³-hybridized carbons (Fsp3) is 0.667. The normalized spacial score (nSPS) is 19.6. The zero-order chi connectivity index (χ0) is 12.1. The third kappa shape index (κ3) is 3.85. The van der Waals surface area contributed by atoms with Gasteiger partial charge in [0.15, 0.2) is 5.75 Å². The first kappa shape index (κ1) is 12.1. The van der Waals surface area contributed by atoms with Gasteiger partial charge in [0.25, 0.3) is 0 Å². The number of ether oxygens (including phenoxy) is 2. The summed E-state index contributed by atoms with van der Waals surface area (Å²) in [4.78, 5) is 8.41. The molecule has 0 aromatic carbocycles. The van der Waals surface area contributed by atoms with Crippen LogP contribution in [0.25, 0.3) is 0 Å². The molecule has 0 aliphatic carbocycles. The molecule has 1 atom stereocenters. The first-order valence-electron chi connectivity index (χ1n) is 6.04. The average Bonchev–Trinajstić information content (AvgIpc) is 2.80. The monoisotopic (exact) mass is 237 g/mol. The Hall–Kier alpha value is -1.36. The molecule has 1 aromatic heterocycles. The Bertz CT molecular complexity index is 334. The molecule has 1 aromatic rings. The average molecular weight is 237 g/mol. The molecule has 17 heavy (non-hydrogen) atoms. The number of anilines is 1. The van der Waals surface area contributed by atoms with Gasteiger partial charge in [-0.1, -0.05) is 0 Å². The molecule has 1 aliphatic heterocycles. The lowest BCUT2D eigenvalue weighted by Gasteiger charge is -2.11. The lowest BCUT2D eigenvalue weighted by molar-refractivity contribution is 0.187. The van der Waals surface area contributed by atoms with E-state index in [4.69, 9.17) is 9.47 Å². The molecule has 1 saturated heterocycles. The summed E-state index contributed by atoms with van der Waals surface area (Å²) >= 11 is 0. The minimum atomic E-state index is 0.146. The smallest absolute Gasteiger partial charge is 0.222 e. The highest BCUT2D eigenvalue weighted by Gasteiger charge is 2.15. The lowest BCUT2D eigenvalue weighted by atomic mass is 10.1. The summed E-state index contributed by atoms with van der Waals surface area (Å²) in [6.07, 6.45) is 4.65. The summed E-state index contributed by atoms with van der Waals surface area (Å²) in [6.45, 7) is 6.53. The van der Waals surface area contributed by atoms with Crippen LogP contribution in [0.4, 0.5) is 5.95 Å². The number of hydrogen-bond donors (Lipinski definition) is 1. The van der Waals surface area contributed by atoms with Crippen LogP contribution in [0.3, 0.4) is 0 Å². The lowest BCUT2D eigenvalue weighted by Crippen LogP contribution is -2.15. The van der Waals surface area contributed by atoms with Crippen molar-refractivity contribution in [2.24, 2.45) is 5.92 Å². The molecule has 5 heteroatoms. The summed E-state index contributed by atoms with van der Waals surface area (Å²) < 4.78 is 10.8. The molecule has 0 radical (unpaired) electrons. The first-order valence-corrected chi connectivity index (χ1v) is 6.04. The number of nitrogens with one attached hydrogen (secondary N) is 1. The summed E-state index contributed by atoms with van der Waals surface area (Å²) in [6, 6.07) is 0. The van der Waals surface area contributed by atoms with Gasteiger partial charge in [0.05, 0.1) is 25.1 Å². The third-order valence-electron chi connectivity index (χ3n) is 2.57. The van der Waals surface area contributed by atoms with E-state index in [-0.39, 0.29) is 6.10 Å². The molecule has 2 rings (SSSR count). The Kier molecular flexibility index (Phi) is 4.14. The quantitative estimate of drug-likeness (QED) is 0.845. The van der Waals surface area contributed by atoms with Crippen LogP contribution in [0.5, 0.6) is 5.75 Å². The van der Waals surface area contributed by atoms with Crippen molar-refractivity contribution < 1.29 is 9.47 Å². The Balaban J connectivity index is 1.80. The number of aromatic nitrogens is 2. The molecule has 1 aliphatic rings. The van der Waals surface area contributed by atoms with Gasteiger partial charge in [0.2, 0.25) is 5.95 Å². The molecular formula is C12H19N3O2. The molecule has 1 unspecified atom stereocenters. The van der Waals surface area contributed by atoms with Crippen molar-refractivity contribution in [2.45, 2.75) is 26.4 Å². The SMILES string of the molecule is CC(C)Oc1cnc(NCC2CCOC2)nc1. The van der Waals surface area contributed by atoms with Crippen molar-refractivity contribution in [1.82, 2.24) is 9.97 Å². The number of hydrogen-bond acceptors (Lipinski definition) is 5. The van der Waals surface area contributed by atoms with E-state index in [2.05, 4.69) is 15.3 Å². The predicted octanol–water partition coefficient (Wildman–Crippen LogP) is 1.71. The molecule has 94 valence electrons. The van der Waals surface area contributed by atoms with Crippen LogP contribution < -0.4 is 10.1 Å². The van der Waals surface area contributed by atoms with Crippen molar-refractivity contribution in [3.8, 4) is 5.75 Å². The van der Waals surface area contributed by atoms with Gasteiger partial charge in [-0.3, -0.25) is 0 Å². The zero-order valence-electron chi connectivity index (χ0n) is 10.3. The minimum absolute atomic E-state index is 0.146. The predicted molar refractivity (Wildman–Crippen MR) is 65.2 cm³/mol. The fourth-order valence-corrected chi connectivity index (χ4v) is 1.72. The second kappa shape index (κ2) is 5.82. The van der Waals surface area contributed by atoms with E-state index >= 15 is 0 Å². The van der Waals surface area contributed by atoms with Crippen molar-refractivity contribution >= 4 is 5.95 Å². The highest BCUT2D eigenvalue weighted by atomic mass is 16.5. The molecule has 5 nitrogen and oxygen atoms in total. The number of nitrogens with zero attached hydrogens (tertiary/aromatic N) is 2. The molecule has 1 fully saturated rings. The van der Waals surface area contributed by atoms with Crippen LogP contribution in [-0.2, 0) is 4.74 Å². The van der Waals surface area contributed by atoms with Gasteiger partial charge in [-0.2, -0.15) is 0 Å². The topological polar surface area (TPSA) is 56.3 Å². The van der Waals surface area contributed by atoms with E-state index < -0.39 is 0 Å².